The summed E-state index contributed by atoms with van der Waals surface area (Å²) in [5, 5.41) is 0. The molecule has 0 amide bonds. The summed E-state index contributed by atoms with van der Waals surface area (Å²) in [4.78, 5) is 7.48. The second kappa shape index (κ2) is 2.92. The summed E-state index contributed by atoms with van der Waals surface area (Å²) in [7, 11) is 0. The molecule has 0 fully saturated rings. The van der Waals surface area contributed by atoms with Crippen LogP contribution in [0.4, 0.5) is 11.4 Å². The second-order valence-electron chi connectivity index (χ2n) is 1.84. The Morgan fingerprint density at radius 1 is 1.00 bits per heavy atom. The standard InChI is InChI=1S/C8H8N2/c1-9-7-4-3-5-8(6-7)10-2/h3-6H,1-2H2. The maximum absolute atomic E-state index is 3.74. The fraction of sp³-hybridized carbons (Fsp3) is 0. The molecule has 0 radical (unpaired) electrons. The molecule has 0 atom stereocenters. The van der Waals surface area contributed by atoms with Crippen molar-refractivity contribution in [1.82, 2.24) is 0 Å². The zero-order chi connectivity index (χ0) is 7.40. The first kappa shape index (κ1) is 6.68. The molecule has 50 valence electrons. The maximum atomic E-state index is 3.74. The lowest BCUT2D eigenvalue weighted by atomic mass is 10.3. The average Bonchev–Trinajstić information content (AvgIpc) is 2.05. The van der Waals surface area contributed by atoms with Crippen LogP contribution in [0.25, 0.3) is 0 Å². The van der Waals surface area contributed by atoms with Crippen molar-refractivity contribution in [1.29, 1.82) is 0 Å². The van der Waals surface area contributed by atoms with Crippen molar-refractivity contribution in [2.45, 2.75) is 0 Å². The minimum atomic E-state index is 0.824. The smallest absolute Gasteiger partial charge is 0.0643 e. The Labute approximate surface area is 60.0 Å². The van der Waals surface area contributed by atoms with E-state index in [2.05, 4.69) is 23.4 Å². The molecule has 2 nitrogen and oxygen atoms in total. The molecule has 1 aromatic carbocycles. The molecule has 0 aromatic heterocycles. The van der Waals surface area contributed by atoms with Crippen LogP contribution in [0.1, 0.15) is 0 Å². The van der Waals surface area contributed by atoms with Gasteiger partial charge in [-0.15, -0.1) is 0 Å². The second-order valence-corrected chi connectivity index (χ2v) is 1.84. The van der Waals surface area contributed by atoms with E-state index in [1.165, 1.54) is 0 Å². The van der Waals surface area contributed by atoms with E-state index >= 15 is 0 Å². The van der Waals surface area contributed by atoms with Crippen LogP contribution in [0.15, 0.2) is 34.3 Å². The molecule has 0 saturated carbocycles. The van der Waals surface area contributed by atoms with Gasteiger partial charge in [0, 0.05) is 0 Å². The third-order valence-electron chi connectivity index (χ3n) is 1.19. The molecule has 2 heteroatoms. The molecule has 10 heavy (non-hydrogen) atoms. The molecule has 0 aliphatic heterocycles. The summed E-state index contributed by atoms with van der Waals surface area (Å²) in [6.07, 6.45) is 0. The molecule has 0 unspecified atom stereocenters. The molecule has 0 N–H and O–H groups in total. The van der Waals surface area contributed by atoms with Crippen LogP contribution in [-0.2, 0) is 0 Å². The predicted octanol–water partition coefficient (Wildman–Crippen LogP) is 2.35. The van der Waals surface area contributed by atoms with Crippen molar-refractivity contribution < 1.29 is 0 Å². The summed E-state index contributed by atoms with van der Waals surface area (Å²) in [6.45, 7) is 6.79. The third kappa shape index (κ3) is 1.29. The van der Waals surface area contributed by atoms with Gasteiger partial charge in [-0.3, -0.25) is 9.98 Å². The van der Waals surface area contributed by atoms with Gasteiger partial charge in [-0.1, -0.05) is 6.07 Å². The molecule has 1 aromatic rings. The highest BCUT2D eigenvalue weighted by molar-refractivity contribution is 5.55. The Balaban J connectivity index is 3.09. The number of benzene rings is 1. The Kier molecular flexibility index (Phi) is 1.95. The van der Waals surface area contributed by atoms with E-state index in [1.54, 1.807) is 0 Å². The highest BCUT2D eigenvalue weighted by Gasteiger charge is 1.87. The van der Waals surface area contributed by atoms with Crippen LogP contribution in [0.5, 0.6) is 0 Å². The van der Waals surface area contributed by atoms with Gasteiger partial charge in [0.2, 0.25) is 0 Å². The molecule has 0 bridgehead atoms. The normalized spacial score (nSPS) is 8.80. The van der Waals surface area contributed by atoms with Crippen LogP contribution in [0.3, 0.4) is 0 Å². The van der Waals surface area contributed by atoms with Crippen molar-refractivity contribution in [3.63, 3.8) is 0 Å². The fourth-order valence-electron chi connectivity index (χ4n) is 0.690. The third-order valence-corrected chi connectivity index (χ3v) is 1.19. The summed E-state index contributed by atoms with van der Waals surface area (Å²) in [5.74, 6) is 0. The van der Waals surface area contributed by atoms with E-state index < -0.39 is 0 Å². The van der Waals surface area contributed by atoms with Crippen molar-refractivity contribution in [3.05, 3.63) is 24.3 Å². The molecule has 0 heterocycles. The van der Waals surface area contributed by atoms with Crippen molar-refractivity contribution in [2.75, 3.05) is 0 Å². The molecular weight excluding hydrogens is 124 g/mol. The van der Waals surface area contributed by atoms with Gasteiger partial charge >= 0.3 is 0 Å². The first-order valence-corrected chi connectivity index (χ1v) is 2.90. The molecule has 0 aliphatic rings. The van der Waals surface area contributed by atoms with Crippen LogP contribution in [-0.4, -0.2) is 13.4 Å². The molecule has 0 spiro atoms. The van der Waals surface area contributed by atoms with Gasteiger partial charge < -0.3 is 0 Å². The van der Waals surface area contributed by atoms with Crippen molar-refractivity contribution in [2.24, 2.45) is 9.98 Å². The lowest BCUT2D eigenvalue weighted by molar-refractivity contribution is 1.50. The minimum Gasteiger partial charge on any atom is -0.265 e. The quantitative estimate of drug-likeness (QED) is 0.552. The van der Waals surface area contributed by atoms with Gasteiger partial charge in [-0.2, -0.15) is 0 Å². The number of hydrogen-bond donors (Lipinski definition) is 0. The SMILES string of the molecule is C=Nc1cccc(N=C)c1. The highest BCUT2D eigenvalue weighted by atomic mass is 14.7. The molecule has 0 aliphatic carbocycles. The van der Waals surface area contributed by atoms with Gasteiger partial charge in [-0.25, -0.2) is 0 Å². The van der Waals surface area contributed by atoms with Crippen LogP contribution in [0.2, 0.25) is 0 Å². The van der Waals surface area contributed by atoms with Crippen molar-refractivity contribution in [3.8, 4) is 0 Å². The maximum Gasteiger partial charge on any atom is 0.0643 e. The zero-order valence-corrected chi connectivity index (χ0v) is 5.62. The summed E-state index contributed by atoms with van der Waals surface area (Å²) in [6, 6.07) is 7.41. The fourth-order valence-corrected chi connectivity index (χ4v) is 0.690. The Bertz CT molecular complexity index is 230. The van der Waals surface area contributed by atoms with Crippen LogP contribution < -0.4 is 0 Å². The Hall–Kier alpha value is -1.44. The van der Waals surface area contributed by atoms with E-state index in [-0.39, 0.29) is 0 Å². The van der Waals surface area contributed by atoms with E-state index in [1.807, 2.05) is 24.3 Å². The first-order valence-electron chi connectivity index (χ1n) is 2.90. The Morgan fingerprint density at radius 3 is 1.90 bits per heavy atom. The number of aliphatic imine (C=N–C) groups is 2. The van der Waals surface area contributed by atoms with Crippen LogP contribution >= 0.6 is 0 Å². The lowest BCUT2D eigenvalue weighted by Crippen LogP contribution is -1.62. The van der Waals surface area contributed by atoms with Crippen LogP contribution in [0, 0.1) is 0 Å². The zero-order valence-electron chi connectivity index (χ0n) is 5.62. The van der Waals surface area contributed by atoms with Gasteiger partial charge in [0.15, 0.2) is 0 Å². The van der Waals surface area contributed by atoms with E-state index in [0.29, 0.717) is 0 Å². The van der Waals surface area contributed by atoms with Gasteiger partial charge in [0.05, 0.1) is 11.4 Å². The largest absolute Gasteiger partial charge is 0.265 e. The molecule has 1 rings (SSSR count). The number of rotatable bonds is 2. The number of hydrogen-bond acceptors (Lipinski definition) is 2. The van der Waals surface area contributed by atoms with Crippen molar-refractivity contribution >= 4 is 24.8 Å². The predicted molar refractivity (Wildman–Crippen MR) is 44.9 cm³/mol. The lowest BCUT2D eigenvalue weighted by Gasteiger charge is -1.92. The van der Waals surface area contributed by atoms with Gasteiger partial charge in [0.1, 0.15) is 0 Å². The molecule has 0 saturated heterocycles. The highest BCUT2D eigenvalue weighted by Crippen LogP contribution is 2.18. The summed E-state index contributed by atoms with van der Waals surface area (Å²) >= 11 is 0. The minimum absolute atomic E-state index is 0.824. The van der Waals surface area contributed by atoms with E-state index in [4.69, 9.17) is 0 Å². The summed E-state index contributed by atoms with van der Waals surface area (Å²) in [5.41, 5.74) is 1.65. The average molecular weight is 132 g/mol. The monoisotopic (exact) mass is 132 g/mol. The van der Waals surface area contributed by atoms with Gasteiger partial charge in [0.25, 0.3) is 0 Å². The topological polar surface area (TPSA) is 24.7 Å². The first-order chi connectivity index (χ1) is 4.86. The summed E-state index contributed by atoms with van der Waals surface area (Å²) < 4.78 is 0. The number of nitrogens with zero attached hydrogens (tertiary/aromatic N) is 2. The Morgan fingerprint density at radius 2 is 1.50 bits per heavy atom. The van der Waals surface area contributed by atoms with Gasteiger partial charge in [-0.05, 0) is 31.6 Å². The molecular formula is C8H8N2. The van der Waals surface area contributed by atoms with E-state index in [9.17, 15) is 0 Å². The van der Waals surface area contributed by atoms with E-state index in [0.717, 1.165) is 11.4 Å².